The lowest BCUT2D eigenvalue weighted by Gasteiger charge is -2.15. The van der Waals surface area contributed by atoms with Crippen molar-refractivity contribution >= 4 is 5.91 Å². The number of aromatic amines is 1. The number of nitrogens with one attached hydrogen (secondary N) is 1. The molecule has 0 radical (unpaired) electrons. The van der Waals surface area contributed by atoms with Crippen LogP contribution in [-0.2, 0) is 17.9 Å². The lowest BCUT2D eigenvalue weighted by Crippen LogP contribution is -2.25. The van der Waals surface area contributed by atoms with Gasteiger partial charge in [0.25, 0.3) is 0 Å². The normalized spacial score (nSPS) is 14.1. The van der Waals surface area contributed by atoms with E-state index in [0.717, 1.165) is 18.7 Å². The molecule has 2 heterocycles. The van der Waals surface area contributed by atoms with Gasteiger partial charge in [0.05, 0.1) is 18.4 Å². The molecule has 4 nitrogen and oxygen atoms in total. The standard InChI is InChI=1S/C13H21N3O/c1-2-3-4-5-6-7-13(17)16-9-11-8-14-15-12(11)10-16/h8H,2-7,9-10H2,1H3,(H,14,15). The van der Waals surface area contributed by atoms with Gasteiger partial charge in [-0.3, -0.25) is 9.89 Å². The smallest absolute Gasteiger partial charge is 0.223 e. The first-order valence-corrected chi connectivity index (χ1v) is 6.60. The largest absolute Gasteiger partial charge is 0.332 e. The van der Waals surface area contributed by atoms with Crippen molar-refractivity contribution in [3.8, 4) is 0 Å². The molecule has 0 aromatic carbocycles. The number of carbonyl (C=O) groups excluding carboxylic acids is 1. The number of rotatable bonds is 6. The van der Waals surface area contributed by atoms with Gasteiger partial charge >= 0.3 is 0 Å². The Labute approximate surface area is 102 Å². The van der Waals surface area contributed by atoms with Gasteiger partial charge in [0, 0.05) is 18.5 Å². The Morgan fingerprint density at radius 1 is 1.35 bits per heavy atom. The van der Waals surface area contributed by atoms with E-state index in [9.17, 15) is 4.79 Å². The summed E-state index contributed by atoms with van der Waals surface area (Å²) in [4.78, 5) is 13.9. The topological polar surface area (TPSA) is 49.0 Å². The third-order valence-electron chi connectivity index (χ3n) is 3.36. The van der Waals surface area contributed by atoms with E-state index in [0.29, 0.717) is 13.0 Å². The van der Waals surface area contributed by atoms with E-state index < -0.39 is 0 Å². The summed E-state index contributed by atoms with van der Waals surface area (Å²) in [7, 11) is 0. The zero-order valence-corrected chi connectivity index (χ0v) is 10.5. The zero-order valence-electron chi connectivity index (χ0n) is 10.5. The number of H-pyrrole nitrogens is 1. The van der Waals surface area contributed by atoms with Gasteiger partial charge in [-0.1, -0.05) is 32.6 Å². The molecule has 1 aromatic heterocycles. The Morgan fingerprint density at radius 3 is 2.94 bits per heavy atom. The summed E-state index contributed by atoms with van der Waals surface area (Å²) in [6, 6.07) is 0. The number of hydrogen-bond donors (Lipinski definition) is 1. The van der Waals surface area contributed by atoms with E-state index in [2.05, 4.69) is 17.1 Å². The van der Waals surface area contributed by atoms with E-state index >= 15 is 0 Å². The van der Waals surface area contributed by atoms with Crippen LogP contribution in [0.4, 0.5) is 0 Å². The van der Waals surface area contributed by atoms with Crippen LogP contribution >= 0.6 is 0 Å². The number of nitrogens with zero attached hydrogens (tertiary/aromatic N) is 2. The molecule has 1 aliphatic rings. The summed E-state index contributed by atoms with van der Waals surface area (Å²) in [5.74, 6) is 0.283. The van der Waals surface area contributed by atoms with Crippen molar-refractivity contribution < 1.29 is 4.79 Å². The maximum Gasteiger partial charge on any atom is 0.223 e. The van der Waals surface area contributed by atoms with Crippen LogP contribution in [0.5, 0.6) is 0 Å². The van der Waals surface area contributed by atoms with Crippen LogP contribution in [0.25, 0.3) is 0 Å². The first kappa shape index (κ1) is 12.1. The van der Waals surface area contributed by atoms with Gasteiger partial charge in [0.2, 0.25) is 5.91 Å². The van der Waals surface area contributed by atoms with Gasteiger partial charge in [0.1, 0.15) is 0 Å². The SMILES string of the molecule is CCCCCCCC(=O)N1Cc2cn[nH]c2C1. The van der Waals surface area contributed by atoms with E-state index in [4.69, 9.17) is 0 Å². The molecule has 0 aliphatic carbocycles. The molecular weight excluding hydrogens is 214 g/mol. The van der Waals surface area contributed by atoms with Gasteiger partial charge in [0.15, 0.2) is 0 Å². The molecular formula is C13H21N3O. The lowest BCUT2D eigenvalue weighted by molar-refractivity contribution is -0.132. The molecule has 1 aromatic rings. The molecule has 2 rings (SSSR count). The van der Waals surface area contributed by atoms with Crippen molar-refractivity contribution in [1.29, 1.82) is 0 Å². The van der Waals surface area contributed by atoms with Crippen LogP contribution in [0.2, 0.25) is 0 Å². The highest BCUT2D eigenvalue weighted by atomic mass is 16.2. The molecule has 0 spiro atoms. The highest BCUT2D eigenvalue weighted by molar-refractivity contribution is 5.76. The highest BCUT2D eigenvalue weighted by Crippen LogP contribution is 2.21. The highest BCUT2D eigenvalue weighted by Gasteiger charge is 2.23. The maximum absolute atomic E-state index is 11.9. The van der Waals surface area contributed by atoms with Gasteiger partial charge in [-0.2, -0.15) is 5.10 Å². The van der Waals surface area contributed by atoms with E-state index in [1.807, 2.05) is 11.1 Å². The molecule has 0 saturated carbocycles. The van der Waals surface area contributed by atoms with Crippen molar-refractivity contribution in [3.05, 3.63) is 17.5 Å². The molecule has 0 saturated heterocycles. The Bertz CT molecular complexity index is 352. The molecule has 0 bridgehead atoms. The molecule has 94 valence electrons. The minimum atomic E-state index is 0.283. The number of amides is 1. The number of unbranched alkanes of at least 4 members (excludes halogenated alkanes) is 4. The molecule has 1 N–H and O–H groups in total. The fourth-order valence-corrected chi connectivity index (χ4v) is 2.28. The molecule has 4 heteroatoms. The lowest BCUT2D eigenvalue weighted by atomic mass is 10.1. The summed E-state index contributed by atoms with van der Waals surface area (Å²) >= 11 is 0. The average molecular weight is 235 g/mol. The minimum absolute atomic E-state index is 0.283. The quantitative estimate of drug-likeness (QED) is 0.770. The Kier molecular flexibility index (Phi) is 4.18. The fraction of sp³-hybridized carbons (Fsp3) is 0.692. The summed E-state index contributed by atoms with van der Waals surface area (Å²) in [5, 5.41) is 6.91. The van der Waals surface area contributed by atoms with Crippen LogP contribution in [0, 0.1) is 0 Å². The second-order valence-corrected chi connectivity index (χ2v) is 4.79. The van der Waals surface area contributed by atoms with Gasteiger partial charge < -0.3 is 4.90 Å². The van der Waals surface area contributed by atoms with Crippen molar-refractivity contribution in [1.82, 2.24) is 15.1 Å². The Morgan fingerprint density at radius 2 is 2.18 bits per heavy atom. The second-order valence-electron chi connectivity index (χ2n) is 4.79. The zero-order chi connectivity index (χ0) is 12.1. The first-order valence-electron chi connectivity index (χ1n) is 6.60. The monoisotopic (exact) mass is 235 g/mol. The van der Waals surface area contributed by atoms with Crippen LogP contribution in [0.15, 0.2) is 6.20 Å². The number of aromatic nitrogens is 2. The molecule has 1 amide bonds. The Hall–Kier alpha value is -1.32. The van der Waals surface area contributed by atoms with Crippen molar-refractivity contribution in [2.24, 2.45) is 0 Å². The van der Waals surface area contributed by atoms with Crippen LogP contribution in [0.1, 0.15) is 56.7 Å². The van der Waals surface area contributed by atoms with E-state index in [1.165, 1.54) is 31.2 Å². The minimum Gasteiger partial charge on any atom is -0.332 e. The van der Waals surface area contributed by atoms with E-state index in [-0.39, 0.29) is 5.91 Å². The fourth-order valence-electron chi connectivity index (χ4n) is 2.28. The molecule has 17 heavy (non-hydrogen) atoms. The average Bonchev–Trinajstić information content (AvgIpc) is 2.88. The van der Waals surface area contributed by atoms with Crippen molar-refractivity contribution in [2.75, 3.05) is 0 Å². The van der Waals surface area contributed by atoms with Gasteiger partial charge in [-0.15, -0.1) is 0 Å². The summed E-state index contributed by atoms with van der Waals surface area (Å²) in [6.45, 7) is 3.65. The van der Waals surface area contributed by atoms with Crippen molar-refractivity contribution in [3.63, 3.8) is 0 Å². The Balaban J connectivity index is 1.66. The summed E-state index contributed by atoms with van der Waals surface area (Å²) < 4.78 is 0. The molecule has 1 aliphatic heterocycles. The molecule has 0 unspecified atom stereocenters. The predicted molar refractivity (Wildman–Crippen MR) is 66.2 cm³/mol. The van der Waals surface area contributed by atoms with Crippen LogP contribution in [-0.4, -0.2) is 21.0 Å². The third kappa shape index (κ3) is 3.08. The summed E-state index contributed by atoms with van der Waals surface area (Å²) in [5.41, 5.74) is 2.27. The van der Waals surface area contributed by atoms with Crippen LogP contribution in [0.3, 0.4) is 0 Å². The maximum atomic E-state index is 11.9. The molecule has 0 atom stereocenters. The first-order chi connectivity index (χ1) is 8.31. The van der Waals surface area contributed by atoms with Crippen LogP contribution < -0.4 is 0 Å². The second kappa shape index (κ2) is 5.84. The van der Waals surface area contributed by atoms with Gasteiger partial charge in [-0.25, -0.2) is 0 Å². The van der Waals surface area contributed by atoms with Crippen molar-refractivity contribution in [2.45, 2.75) is 58.5 Å². The number of fused-ring (bicyclic) bond motifs is 1. The molecule has 0 fully saturated rings. The third-order valence-corrected chi connectivity index (χ3v) is 3.36. The van der Waals surface area contributed by atoms with Gasteiger partial charge in [-0.05, 0) is 6.42 Å². The predicted octanol–water partition coefficient (Wildman–Crippen LogP) is 2.61. The summed E-state index contributed by atoms with van der Waals surface area (Å²) in [6.07, 6.45) is 8.52. The van der Waals surface area contributed by atoms with E-state index in [1.54, 1.807) is 0 Å². The number of carbonyl (C=O) groups is 1. The number of hydrogen-bond acceptors (Lipinski definition) is 2.